The molecule has 0 amide bonds. The maximum absolute atomic E-state index is 3.75. The van der Waals surface area contributed by atoms with Crippen LogP contribution in [0.3, 0.4) is 0 Å². The van der Waals surface area contributed by atoms with E-state index >= 15 is 0 Å². The average molecular weight is 282 g/mol. The first-order valence-corrected chi connectivity index (χ1v) is 8.98. The van der Waals surface area contributed by atoms with Gasteiger partial charge in [0.1, 0.15) is 0 Å². The van der Waals surface area contributed by atoms with Crippen molar-refractivity contribution in [1.82, 2.24) is 5.32 Å². The summed E-state index contributed by atoms with van der Waals surface area (Å²) >= 11 is 0. The van der Waals surface area contributed by atoms with Crippen LogP contribution >= 0.6 is 0 Å². The highest BCUT2D eigenvalue weighted by molar-refractivity contribution is 4.87. The summed E-state index contributed by atoms with van der Waals surface area (Å²) in [7, 11) is 0. The van der Waals surface area contributed by atoms with E-state index in [1.54, 1.807) is 0 Å². The zero-order valence-corrected chi connectivity index (χ0v) is 15.0. The van der Waals surface area contributed by atoms with E-state index in [0.29, 0.717) is 5.41 Å². The Kier molecular flexibility index (Phi) is 7.04. The topological polar surface area (TPSA) is 12.0 Å². The molecule has 2 atom stereocenters. The SMILES string of the molecule is CCCCCCC1CC(C)(C)CCC1CNC(C)(C)C. The first-order valence-electron chi connectivity index (χ1n) is 8.98. The summed E-state index contributed by atoms with van der Waals surface area (Å²) in [5.74, 6) is 1.86. The van der Waals surface area contributed by atoms with Gasteiger partial charge in [-0.1, -0.05) is 52.9 Å². The molecule has 0 bridgehead atoms. The zero-order chi connectivity index (χ0) is 15.2. The molecule has 20 heavy (non-hydrogen) atoms. The van der Waals surface area contributed by atoms with Crippen molar-refractivity contribution in [3.8, 4) is 0 Å². The Bertz CT molecular complexity index is 261. The number of unbranched alkanes of at least 4 members (excludes halogenated alkanes) is 3. The second-order valence-electron chi connectivity index (χ2n) is 8.91. The molecule has 1 saturated carbocycles. The van der Waals surface area contributed by atoms with Crippen LogP contribution in [0.2, 0.25) is 0 Å². The lowest BCUT2D eigenvalue weighted by molar-refractivity contribution is 0.103. The van der Waals surface area contributed by atoms with Gasteiger partial charge in [-0.15, -0.1) is 0 Å². The molecule has 0 aromatic heterocycles. The fourth-order valence-corrected chi connectivity index (χ4v) is 3.67. The van der Waals surface area contributed by atoms with Crippen LogP contribution in [0.15, 0.2) is 0 Å². The van der Waals surface area contributed by atoms with Crippen molar-refractivity contribution in [2.75, 3.05) is 6.54 Å². The van der Waals surface area contributed by atoms with Gasteiger partial charge in [0.15, 0.2) is 0 Å². The minimum Gasteiger partial charge on any atom is -0.312 e. The molecule has 0 radical (unpaired) electrons. The van der Waals surface area contributed by atoms with E-state index in [1.165, 1.54) is 57.9 Å². The maximum atomic E-state index is 3.75. The molecular formula is C19H39N. The quantitative estimate of drug-likeness (QED) is 0.583. The lowest BCUT2D eigenvalue weighted by atomic mass is 9.65. The Hall–Kier alpha value is -0.0400. The largest absolute Gasteiger partial charge is 0.312 e. The van der Waals surface area contributed by atoms with Gasteiger partial charge in [-0.05, 0) is 63.8 Å². The summed E-state index contributed by atoms with van der Waals surface area (Å²) < 4.78 is 0. The summed E-state index contributed by atoms with van der Waals surface area (Å²) in [5.41, 5.74) is 0.841. The fourth-order valence-electron chi connectivity index (χ4n) is 3.67. The Morgan fingerprint density at radius 3 is 2.35 bits per heavy atom. The third-order valence-electron chi connectivity index (χ3n) is 5.00. The second kappa shape index (κ2) is 7.82. The molecule has 1 nitrogen and oxygen atoms in total. The van der Waals surface area contributed by atoms with Gasteiger partial charge >= 0.3 is 0 Å². The lowest BCUT2D eigenvalue weighted by Crippen LogP contribution is -2.43. The van der Waals surface area contributed by atoms with Crippen molar-refractivity contribution in [1.29, 1.82) is 0 Å². The molecule has 1 aliphatic rings. The van der Waals surface area contributed by atoms with Crippen LogP contribution in [0.1, 0.15) is 92.9 Å². The van der Waals surface area contributed by atoms with Gasteiger partial charge in [-0.25, -0.2) is 0 Å². The molecule has 0 aromatic rings. The van der Waals surface area contributed by atoms with Crippen molar-refractivity contribution in [3.63, 3.8) is 0 Å². The van der Waals surface area contributed by atoms with Crippen molar-refractivity contribution in [3.05, 3.63) is 0 Å². The van der Waals surface area contributed by atoms with Crippen molar-refractivity contribution >= 4 is 0 Å². The predicted molar refractivity (Wildman–Crippen MR) is 91.1 cm³/mol. The number of hydrogen-bond donors (Lipinski definition) is 1. The van der Waals surface area contributed by atoms with Gasteiger partial charge < -0.3 is 5.32 Å². The molecule has 1 fully saturated rings. The van der Waals surface area contributed by atoms with Crippen LogP contribution in [0.25, 0.3) is 0 Å². The second-order valence-corrected chi connectivity index (χ2v) is 8.91. The third-order valence-corrected chi connectivity index (χ3v) is 5.00. The first-order chi connectivity index (χ1) is 9.23. The third kappa shape index (κ3) is 7.11. The molecule has 0 aliphatic heterocycles. The van der Waals surface area contributed by atoms with Gasteiger partial charge in [0.25, 0.3) is 0 Å². The summed E-state index contributed by atoms with van der Waals surface area (Å²) in [4.78, 5) is 0. The van der Waals surface area contributed by atoms with Gasteiger partial charge in [0.2, 0.25) is 0 Å². The summed E-state index contributed by atoms with van der Waals surface area (Å²) in [5, 5.41) is 3.75. The first kappa shape index (κ1) is 18.0. The van der Waals surface area contributed by atoms with E-state index in [4.69, 9.17) is 0 Å². The van der Waals surface area contributed by atoms with Crippen molar-refractivity contribution in [2.24, 2.45) is 17.3 Å². The standard InChI is InChI=1S/C19H39N/c1-7-8-9-10-11-16-14-19(5,6)13-12-17(16)15-20-18(2,3)4/h16-17,20H,7-15H2,1-6H3. The molecule has 1 aliphatic carbocycles. The zero-order valence-electron chi connectivity index (χ0n) is 15.0. The molecule has 0 spiro atoms. The monoisotopic (exact) mass is 281 g/mol. The average Bonchev–Trinajstić information content (AvgIpc) is 2.31. The van der Waals surface area contributed by atoms with Gasteiger partial charge in [0.05, 0.1) is 0 Å². The highest BCUT2D eigenvalue weighted by Crippen LogP contribution is 2.43. The normalized spacial score (nSPS) is 26.7. The Morgan fingerprint density at radius 1 is 1.05 bits per heavy atom. The molecule has 1 heteroatoms. The lowest BCUT2D eigenvalue weighted by Gasteiger charge is -2.42. The van der Waals surface area contributed by atoms with Gasteiger partial charge in [-0.3, -0.25) is 0 Å². The maximum Gasteiger partial charge on any atom is 0.00966 e. The van der Waals surface area contributed by atoms with Crippen molar-refractivity contribution in [2.45, 2.75) is 98.4 Å². The van der Waals surface area contributed by atoms with E-state index in [9.17, 15) is 0 Å². The summed E-state index contributed by atoms with van der Waals surface area (Å²) in [6.45, 7) is 15.3. The molecule has 2 unspecified atom stereocenters. The van der Waals surface area contributed by atoms with Crippen LogP contribution in [0, 0.1) is 17.3 Å². The van der Waals surface area contributed by atoms with Crippen LogP contribution < -0.4 is 5.32 Å². The number of nitrogens with one attached hydrogen (secondary N) is 1. The van der Waals surface area contributed by atoms with Gasteiger partial charge in [-0.2, -0.15) is 0 Å². The highest BCUT2D eigenvalue weighted by Gasteiger charge is 2.34. The molecule has 1 N–H and O–H groups in total. The Morgan fingerprint density at radius 2 is 1.75 bits per heavy atom. The highest BCUT2D eigenvalue weighted by atomic mass is 14.9. The summed E-state index contributed by atoms with van der Waals surface area (Å²) in [6.07, 6.45) is 11.4. The smallest absolute Gasteiger partial charge is 0.00966 e. The van der Waals surface area contributed by atoms with Crippen LogP contribution in [0.4, 0.5) is 0 Å². The van der Waals surface area contributed by atoms with Gasteiger partial charge in [0, 0.05) is 5.54 Å². The van der Waals surface area contributed by atoms with Crippen molar-refractivity contribution < 1.29 is 0 Å². The number of hydrogen-bond acceptors (Lipinski definition) is 1. The minimum absolute atomic E-state index is 0.264. The fraction of sp³-hybridized carbons (Fsp3) is 1.00. The van der Waals surface area contributed by atoms with E-state index in [-0.39, 0.29) is 5.54 Å². The molecule has 0 aromatic carbocycles. The predicted octanol–water partition coefficient (Wildman–Crippen LogP) is 5.79. The van der Waals surface area contributed by atoms with E-state index in [1.807, 2.05) is 0 Å². The minimum atomic E-state index is 0.264. The Labute approximate surface area is 128 Å². The van der Waals surface area contributed by atoms with E-state index in [2.05, 4.69) is 46.9 Å². The van der Waals surface area contributed by atoms with Crippen LogP contribution in [-0.4, -0.2) is 12.1 Å². The molecule has 120 valence electrons. The summed E-state index contributed by atoms with van der Waals surface area (Å²) in [6, 6.07) is 0. The molecule has 0 saturated heterocycles. The molecule has 0 heterocycles. The molecular weight excluding hydrogens is 242 g/mol. The van der Waals surface area contributed by atoms with E-state index < -0.39 is 0 Å². The number of rotatable bonds is 7. The Balaban J connectivity index is 2.47. The van der Waals surface area contributed by atoms with Crippen LogP contribution in [-0.2, 0) is 0 Å². The van der Waals surface area contributed by atoms with Crippen LogP contribution in [0.5, 0.6) is 0 Å². The molecule has 1 rings (SSSR count). The van der Waals surface area contributed by atoms with E-state index in [0.717, 1.165) is 11.8 Å².